The standard InChI is InChI=1S/C12H14BrCl2NO2S/c13-7-9-2-1-5-16(8-9)19(17,18)12-6-10(14)3-4-11(12)15/h3-4,6,9H,1-2,5,7-8H2. The Bertz CT molecular complexity index is 565. The second-order valence-electron chi connectivity index (χ2n) is 4.60. The third-order valence-corrected chi connectivity index (χ3v) is 6.71. The predicted octanol–water partition coefficient (Wildman–Crippen LogP) is 3.79. The Kier molecular flexibility index (Phi) is 5.17. The molecule has 0 bridgehead atoms. The second kappa shape index (κ2) is 6.31. The van der Waals surface area contributed by atoms with E-state index >= 15 is 0 Å². The molecule has 0 aromatic heterocycles. The minimum atomic E-state index is -3.56. The zero-order valence-corrected chi connectivity index (χ0v) is 14.1. The van der Waals surface area contributed by atoms with E-state index in [0.29, 0.717) is 24.0 Å². The first-order valence-corrected chi connectivity index (χ1v) is 9.28. The topological polar surface area (TPSA) is 37.4 Å². The number of nitrogens with zero attached hydrogens (tertiary/aromatic N) is 1. The van der Waals surface area contributed by atoms with Crippen LogP contribution in [0.25, 0.3) is 0 Å². The molecule has 1 aliphatic heterocycles. The Balaban J connectivity index is 2.34. The van der Waals surface area contributed by atoms with Crippen molar-refractivity contribution in [3.63, 3.8) is 0 Å². The molecule has 1 aromatic carbocycles. The van der Waals surface area contributed by atoms with Crippen LogP contribution in [0.5, 0.6) is 0 Å². The van der Waals surface area contributed by atoms with Gasteiger partial charge in [0.25, 0.3) is 0 Å². The largest absolute Gasteiger partial charge is 0.244 e. The number of benzene rings is 1. The molecule has 3 nitrogen and oxygen atoms in total. The fourth-order valence-corrected chi connectivity index (χ4v) is 5.01. The molecule has 1 unspecified atom stereocenters. The molecule has 2 rings (SSSR count). The number of hydrogen-bond donors (Lipinski definition) is 0. The van der Waals surface area contributed by atoms with Crippen molar-refractivity contribution in [1.82, 2.24) is 4.31 Å². The summed E-state index contributed by atoms with van der Waals surface area (Å²) in [7, 11) is -3.56. The lowest BCUT2D eigenvalue weighted by Gasteiger charge is -2.31. The Morgan fingerprint density at radius 1 is 1.37 bits per heavy atom. The van der Waals surface area contributed by atoms with Crippen LogP contribution in [0.3, 0.4) is 0 Å². The molecule has 0 spiro atoms. The number of piperidine rings is 1. The molecular weight excluding hydrogens is 373 g/mol. The zero-order valence-electron chi connectivity index (χ0n) is 10.2. The summed E-state index contributed by atoms with van der Waals surface area (Å²) in [5, 5.41) is 1.39. The first-order valence-electron chi connectivity index (χ1n) is 5.96. The molecule has 1 heterocycles. The van der Waals surface area contributed by atoms with Crippen LogP contribution in [0.4, 0.5) is 0 Å². The second-order valence-corrected chi connectivity index (χ2v) is 8.00. The smallest absolute Gasteiger partial charge is 0.207 e. The molecule has 1 atom stereocenters. The van der Waals surface area contributed by atoms with Crippen molar-refractivity contribution in [3.8, 4) is 0 Å². The van der Waals surface area contributed by atoms with Crippen molar-refractivity contribution in [1.29, 1.82) is 0 Å². The highest BCUT2D eigenvalue weighted by molar-refractivity contribution is 9.09. The maximum atomic E-state index is 12.6. The lowest BCUT2D eigenvalue weighted by Crippen LogP contribution is -2.40. The quantitative estimate of drug-likeness (QED) is 0.741. The maximum Gasteiger partial charge on any atom is 0.244 e. The van der Waals surface area contributed by atoms with Gasteiger partial charge in [-0.25, -0.2) is 8.42 Å². The molecule has 0 radical (unpaired) electrons. The van der Waals surface area contributed by atoms with Crippen LogP contribution in [-0.4, -0.2) is 31.1 Å². The van der Waals surface area contributed by atoms with Gasteiger partial charge in [0.05, 0.1) is 5.02 Å². The third kappa shape index (κ3) is 3.45. The molecule has 0 N–H and O–H groups in total. The summed E-state index contributed by atoms with van der Waals surface area (Å²) in [4.78, 5) is 0.0943. The van der Waals surface area contributed by atoms with Crippen LogP contribution in [0.2, 0.25) is 10.0 Å². The first kappa shape index (κ1) is 15.6. The molecule has 0 aliphatic carbocycles. The van der Waals surface area contributed by atoms with E-state index in [1.807, 2.05) is 0 Å². The summed E-state index contributed by atoms with van der Waals surface area (Å²) in [5.41, 5.74) is 0. The maximum absolute atomic E-state index is 12.6. The van der Waals surface area contributed by atoms with E-state index in [0.717, 1.165) is 18.2 Å². The molecule has 0 amide bonds. The van der Waals surface area contributed by atoms with Gasteiger partial charge in [-0.05, 0) is 37.0 Å². The Morgan fingerprint density at radius 2 is 2.11 bits per heavy atom. The van der Waals surface area contributed by atoms with Crippen molar-refractivity contribution in [2.24, 2.45) is 5.92 Å². The normalized spacial score (nSPS) is 21.5. The van der Waals surface area contributed by atoms with Gasteiger partial charge in [0, 0.05) is 23.4 Å². The van der Waals surface area contributed by atoms with Crippen molar-refractivity contribution in [3.05, 3.63) is 28.2 Å². The van der Waals surface area contributed by atoms with Gasteiger partial charge in [-0.1, -0.05) is 39.1 Å². The molecule has 106 valence electrons. The van der Waals surface area contributed by atoms with Crippen LogP contribution < -0.4 is 0 Å². The van der Waals surface area contributed by atoms with E-state index in [-0.39, 0.29) is 9.92 Å². The lowest BCUT2D eigenvalue weighted by atomic mass is 10.0. The van der Waals surface area contributed by atoms with Crippen molar-refractivity contribution >= 4 is 49.2 Å². The minimum Gasteiger partial charge on any atom is -0.207 e. The number of sulfonamides is 1. The van der Waals surface area contributed by atoms with Crippen molar-refractivity contribution in [2.75, 3.05) is 18.4 Å². The Hall–Kier alpha value is 0.190. The SMILES string of the molecule is O=S(=O)(c1cc(Cl)ccc1Cl)N1CCCC(CBr)C1. The number of hydrogen-bond acceptors (Lipinski definition) is 2. The monoisotopic (exact) mass is 385 g/mol. The summed E-state index contributed by atoms with van der Waals surface area (Å²) in [6.07, 6.45) is 1.91. The Labute approximate surface area is 132 Å². The molecular formula is C12H14BrCl2NO2S. The number of rotatable bonds is 3. The first-order chi connectivity index (χ1) is 8.95. The van der Waals surface area contributed by atoms with Crippen LogP contribution in [0.1, 0.15) is 12.8 Å². The molecule has 19 heavy (non-hydrogen) atoms. The highest BCUT2D eigenvalue weighted by Gasteiger charge is 2.31. The molecule has 1 aromatic rings. The van der Waals surface area contributed by atoms with Crippen LogP contribution in [0, 0.1) is 5.92 Å². The molecule has 1 saturated heterocycles. The number of alkyl halides is 1. The summed E-state index contributed by atoms with van der Waals surface area (Å²) in [6.45, 7) is 1.06. The van der Waals surface area contributed by atoms with E-state index in [2.05, 4.69) is 15.9 Å². The van der Waals surface area contributed by atoms with Gasteiger partial charge in [-0.15, -0.1) is 0 Å². The lowest BCUT2D eigenvalue weighted by molar-refractivity contribution is 0.285. The molecule has 1 fully saturated rings. The summed E-state index contributed by atoms with van der Waals surface area (Å²) < 4.78 is 26.7. The van der Waals surface area contributed by atoms with Gasteiger partial charge < -0.3 is 0 Å². The van der Waals surface area contributed by atoms with E-state index in [1.165, 1.54) is 16.4 Å². The van der Waals surface area contributed by atoms with Gasteiger partial charge in [-0.2, -0.15) is 4.31 Å². The zero-order chi connectivity index (χ0) is 14.0. The van der Waals surface area contributed by atoms with Gasteiger partial charge in [0.15, 0.2) is 0 Å². The fourth-order valence-electron chi connectivity index (χ4n) is 2.19. The number of halogens is 3. The van der Waals surface area contributed by atoms with Crippen molar-refractivity contribution < 1.29 is 8.42 Å². The molecule has 0 saturated carbocycles. The van der Waals surface area contributed by atoms with Gasteiger partial charge in [0.2, 0.25) is 10.0 Å². The minimum absolute atomic E-state index is 0.0943. The van der Waals surface area contributed by atoms with E-state index in [9.17, 15) is 8.42 Å². The molecule has 1 aliphatic rings. The Morgan fingerprint density at radius 3 is 2.79 bits per heavy atom. The van der Waals surface area contributed by atoms with E-state index in [4.69, 9.17) is 23.2 Å². The third-order valence-electron chi connectivity index (χ3n) is 3.21. The van der Waals surface area contributed by atoms with Crippen LogP contribution in [-0.2, 0) is 10.0 Å². The fraction of sp³-hybridized carbons (Fsp3) is 0.500. The molecule has 7 heteroatoms. The van der Waals surface area contributed by atoms with E-state index in [1.54, 1.807) is 6.07 Å². The average Bonchev–Trinajstić information content (AvgIpc) is 2.41. The summed E-state index contributed by atoms with van der Waals surface area (Å²) >= 11 is 15.3. The highest BCUT2D eigenvalue weighted by atomic mass is 79.9. The predicted molar refractivity (Wildman–Crippen MR) is 81.7 cm³/mol. The van der Waals surface area contributed by atoms with Gasteiger partial charge >= 0.3 is 0 Å². The summed E-state index contributed by atoms with van der Waals surface area (Å²) in [5.74, 6) is 0.349. The summed E-state index contributed by atoms with van der Waals surface area (Å²) in [6, 6.07) is 4.51. The van der Waals surface area contributed by atoms with Crippen LogP contribution in [0.15, 0.2) is 23.1 Å². The van der Waals surface area contributed by atoms with E-state index < -0.39 is 10.0 Å². The van der Waals surface area contributed by atoms with Crippen LogP contribution >= 0.6 is 39.1 Å². The van der Waals surface area contributed by atoms with Gasteiger partial charge in [0.1, 0.15) is 4.90 Å². The average molecular weight is 387 g/mol. The van der Waals surface area contributed by atoms with Crippen molar-refractivity contribution in [2.45, 2.75) is 17.7 Å². The highest BCUT2D eigenvalue weighted by Crippen LogP contribution is 2.30. The van der Waals surface area contributed by atoms with Gasteiger partial charge in [-0.3, -0.25) is 0 Å².